The molecule has 0 radical (unpaired) electrons. The van der Waals surface area contributed by atoms with Gasteiger partial charge in [0.1, 0.15) is 0 Å². The van der Waals surface area contributed by atoms with Crippen LogP contribution in [0.15, 0.2) is 15.5 Å². The van der Waals surface area contributed by atoms with E-state index in [1.54, 1.807) is 56.6 Å². The SMILES string of the molecule is CO[Si](C)(C)CSc1nc(SC[Si](C)(C)OC)nc(SC[Si](C)(C)OC)n1. The molecule has 0 aliphatic heterocycles. The van der Waals surface area contributed by atoms with Gasteiger partial charge in [-0.15, -0.1) is 0 Å². The molecule has 0 saturated heterocycles. The third-order valence-electron chi connectivity index (χ3n) is 3.88. The van der Waals surface area contributed by atoms with Crippen molar-refractivity contribution in [3.05, 3.63) is 0 Å². The highest BCUT2D eigenvalue weighted by Crippen LogP contribution is 2.27. The zero-order valence-electron chi connectivity index (χ0n) is 17.9. The lowest BCUT2D eigenvalue weighted by Crippen LogP contribution is -2.33. The van der Waals surface area contributed by atoms with Crippen LogP contribution >= 0.6 is 35.3 Å². The number of aromatic nitrogens is 3. The minimum absolute atomic E-state index is 0.779. The second-order valence-electron chi connectivity index (χ2n) is 7.94. The number of hydrogen-bond acceptors (Lipinski definition) is 9. The maximum Gasteiger partial charge on any atom is 0.196 e. The number of rotatable bonds is 12. The Bertz CT molecular complexity index is 517. The molecular weight excluding hydrogens is 451 g/mol. The first-order chi connectivity index (χ1) is 12.4. The summed E-state index contributed by atoms with van der Waals surface area (Å²) in [5.74, 6) is 0. The summed E-state index contributed by atoms with van der Waals surface area (Å²) in [6, 6.07) is 0. The first-order valence-electron chi connectivity index (χ1n) is 8.72. The van der Waals surface area contributed by atoms with Crippen LogP contribution in [0.1, 0.15) is 0 Å². The normalized spacial score (nSPS) is 13.2. The van der Waals surface area contributed by atoms with Gasteiger partial charge in [0.05, 0.1) is 0 Å². The van der Waals surface area contributed by atoms with Gasteiger partial charge in [0, 0.05) is 37.5 Å². The lowest BCUT2D eigenvalue weighted by molar-refractivity contribution is 0.409. The second-order valence-corrected chi connectivity index (χ2v) is 25.1. The molecule has 156 valence electrons. The van der Waals surface area contributed by atoms with Crippen molar-refractivity contribution in [1.29, 1.82) is 0 Å². The maximum absolute atomic E-state index is 5.65. The minimum atomic E-state index is -1.68. The third kappa shape index (κ3) is 10.3. The zero-order chi connectivity index (χ0) is 20.7. The van der Waals surface area contributed by atoms with Gasteiger partial charge in [-0.25, -0.2) is 0 Å². The highest BCUT2D eigenvalue weighted by atomic mass is 32.2. The smallest absolute Gasteiger partial charge is 0.196 e. The Morgan fingerprint density at radius 2 is 0.778 bits per heavy atom. The van der Waals surface area contributed by atoms with Crippen LogP contribution in [-0.2, 0) is 13.3 Å². The summed E-state index contributed by atoms with van der Waals surface area (Å²) in [6.45, 7) is 13.2. The van der Waals surface area contributed by atoms with Gasteiger partial charge in [0.25, 0.3) is 0 Å². The molecule has 0 aliphatic rings. The van der Waals surface area contributed by atoms with Gasteiger partial charge in [-0.3, -0.25) is 0 Å². The molecule has 0 N–H and O–H groups in total. The van der Waals surface area contributed by atoms with Crippen LogP contribution in [-0.4, -0.2) is 77.4 Å². The fraction of sp³-hybridized carbons (Fsp3) is 0.800. The van der Waals surface area contributed by atoms with Crippen LogP contribution in [0.2, 0.25) is 39.3 Å². The van der Waals surface area contributed by atoms with Crippen molar-refractivity contribution >= 4 is 60.2 Å². The number of nitrogens with zero attached hydrogens (tertiary/aromatic N) is 3. The monoisotopic (exact) mass is 483 g/mol. The summed E-state index contributed by atoms with van der Waals surface area (Å²) in [5, 5.41) is 5.08. The summed E-state index contributed by atoms with van der Waals surface area (Å²) >= 11 is 5.00. The number of hydrogen-bond donors (Lipinski definition) is 0. The van der Waals surface area contributed by atoms with Crippen LogP contribution < -0.4 is 0 Å². The van der Waals surface area contributed by atoms with Gasteiger partial charge in [-0.1, -0.05) is 35.3 Å². The molecule has 1 rings (SSSR count). The molecule has 0 fully saturated rings. The Labute approximate surface area is 180 Å². The Morgan fingerprint density at radius 3 is 0.963 bits per heavy atom. The van der Waals surface area contributed by atoms with Crippen molar-refractivity contribution < 1.29 is 13.3 Å². The molecule has 0 unspecified atom stereocenters. The lowest BCUT2D eigenvalue weighted by atomic mass is 11.1. The molecule has 27 heavy (non-hydrogen) atoms. The Balaban J connectivity index is 2.96. The van der Waals surface area contributed by atoms with E-state index in [9.17, 15) is 0 Å². The molecule has 1 aromatic rings. The van der Waals surface area contributed by atoms with Crippen molar-refractivity contribution in [3.8, 4) is 0 Å². The highest BCUT2D eigenvalue weighted by Gasteiger charge is 2.25. The van der Waals surface area contributed by atoms with Gasteiger partial charge in [0.2, 0.25) is 0 Å². The van der Waals surface area contributed by atoms with E-state index >= 15 is 0 Å². The number of thioether (sulfide) groups is 3. The fourth-order valence-electron chi connectivity index (χ4n) is 1.41. The highest BCUT2D eigenvalue weighted by molar-refractivity contribution is 8.02. The van der Waals surface area contributed by atoms with Crippen LogP contribution in [0.3, 0.4) is 0 Å². The molecule has 0 amide bonds. The van der Waals surface area contributed by atoms with Gasteiger partial charge in [-0.2, -0.15) is 15.0 Å². The molecule has 12 heteroatoms. The van der Waals surface area contributed by atoms with E-state index in [0.717, 1.165) is 31.6 Å². The first-order valence-corrected chi connectivity index (χ1v) is 21.0. The van der Waals surface area contributed by atoms with Crippen LogP contribution in [0.4, 0.5) is 0 Å². The fourth-order valence-corrected chi connectivity index (χ4v) is 9.62. The topological polar surface area (TPSA) is 66.4 Å². The molecular formula is C15H33N3O3S3Si3. The quantitative estimate of drug-likeness (QED) is 0.319. The van der Waals surface area contributed by atoms with E-state index in [0.29, 0.717) is 0 Å². The molecule has 1 heterocycles. The van der Waals surface area contributed by atoms with Crippen molar-refractivity contribution in [2.24, 2.45) is 0 Å². The van der Waals surface area contributed by atoms with E-state index in [2.05, 4.69) is 54.2 Å². The van der Waals surface area contributed by atoms with Crippen LogP contribution in [0, 0.1) is 0 Å². The molecule has 1 aromatic heterocycles. The van der Waals surface area contributed by atoms with Gasteiger partial charge < -0.3 is 13.3 Å². The molecule has 0 aromatic carbocycles. The average molecular weight is 484 g/mol. The zero-order valence-corrected chi connectivity index (χ0v) is 23.4. The van der Waals surface area contributed by atoms with E-state index < -0.39 is 25.0 Å². The molecule has 0 aliphatic carbocycles. The summed E-state index contributed by atoms with van der Waals surface area (Å²) in [5.41, 5.74) is 0. The Hall–Kier alpha value is 0.591. The Kier molecular flexibility index (Phi) is 10.5. The largest absolute Gasteiger partial charge is 0.420 e. The van der Waals surface area contributed by atoms with E-state index in [1.165, 1.54) is 0 Å². The summed E-state index contributed by atoms with van der Waals surface area (Å²) in [6.07, 6.45) is 0. The average Bonchev–Trinajstić information content (AvgIpc) is 2.63. The lowest BCUT2D eigenvalue weighted by Gasteiger charge is -2.20. The van der Waals surface area contributed by atoms with Crippen molar-refractivity contribution in [2.75, 3.05) is 37.5 Å². The van der Waals surface area contributed by atoms with Crippen LogP contribution in [0.25, 0.3) is 0 Å². The van der Waals surface area contributed by atoms with E-state index in [4.69, 9.17) is 13.3 Å². The van der Waals surface area contributed by atoms with Crippen LogP contribution in [0.5, 0.6) is 0 Å². The maximum atomic E-state index is 5.65. The summed E-state index contributed by atoms with van der Waals surface area (Å²) in [7, 11) is 0.326. The Morgan fingerprint density at radius 1 is 0.556 bits per heavy atom. The van der Waals surface area contributed by atoms with Crippen molar-refractivity contribution in [3.63, 3.8) is 0 Å². The predicted molar refractivity (Wildman–Crippen MR) is 125 cm³/mol. The summed E-state index contributed by atoms with van der Waals surface area (Å²) in [4.78, 5) is 14.0. The van der Waals surface area contributed by atoms with Gasteiger partial charge >= 0.3 is 0 Å². The summed E-state index contributed by atoms with van der Waals surface area (Å²) < 4.78 is 16.9. The second kappa shape index (κ2) is 11.1. The van der Waals surface area contributed by atoms with Gasteiger partial charge in [0.15, 0.2) is 40.4 Å². The van der Waals surface area contributed by atoms with E-state index in [-0.39, 0.29) is 0 Å². The predicted octanol–water partition coefficient (Wildman–Crippen LogP) is 4.32. The third-order valence-corrected chi connectivity index (χ3v) is 18.6. The molecule has 0 bridgehead atoms. The standard InChI is InChI=1S/C15H33N3O3S3Si3/c1-19-25(4,5)10-22-13-16-14(23-11-26(6,7)20-2)18-15(17-13)24-12-27(8,9)21-3/h10-12H2,1-9H3. The van der Waals surface area contributed by atoms with Crippen molar-refractivity contribution in [1.82, 2.24) is 15.0 Å². The van der Waals surface area contributed by atoms with Gasteiger partial charge in [-0.05, 0) is 39.3 Å². The molecule has 0 atom stereocenters. The van der Waals surface area contributed by atoms with Crippen molar-refractivity contribution in [2.45, 2.75) is 54.8 Å². The minimum Gasteiger partial charge on any atom is -0.420 e. The molecule has 0 spiro atoms. The van der Waals surface area contributed by atoms with E-state index in [1.807, 2.05) is 0 Å². The first kappa shape index (κ1) is 25.6. The molecule has 0 saturated carbocycles. The molecule has 6 nitrogen and oxygen atoms in total.